The summed E-state index contributed by atoms with van der Waals surface area (Å²) >= 11 is 3.49. The van der Waals surface area contributed by atoms with Gasteiger partial charge in [0.05, 0.1) is 4.91 Å². The fraction of sp³-hybridized carbons (Fsp3) is 0.619. The predicted molar refractivity (Wildman–Crippen MR) is 116 cm³/mol. The molecule has 0 aromatic carbocycles. The summed E-state index contributed by atoms with van der Waals surface area (Å²) < 4.78 is 28.9. The van der Waals surface area contributed by atoms with Crippen molar-refractivity contribution in [2.45, 2.75) is 52.0 Å². The van der Waals surface area contributed by atoms with E-state index in [4.69, 9.17) is 0 Å². The lowest BCUT2D eigenvalue weighted by molar-refractivity contribution is 0.101. The van der Waals surface area contributed by atoms with Crippen molar-refractivity contribution in [3.05, 3.63) is 45.3 Å². The van der Waals surface area contributed by atoms with E-state index in [1.165, 1.54) is 12.8 Å². The van der Waals surface area contributed by atoms with E-state index in [1.807, 2.05) is 18.2 Å². The van der Waals surface area contributed by atoms with E-state index in [1.54, 1.807) is 16.5 Å². The summed E-state index contributed by atoms with van der Waals surface area (Å²) in [5.41, 5.74) is 1.11. The third-order valence-corrected chi connectivity index (χ3v) is 8.40. The summed E-state index contributed by atoms with van der Waals surface area (Å²) in [6, 6.07) is 0.537. The van der Waals surface area contributed by atoms with Crippen LogP contribution in [0.5, 0.6) is 0 Å². The number of allylic oxidation sites excluding steroid dienone is 7. The molecule has 0 aromatic rings. The van der Waals surface area contributed by atoms with E-state index >= 15 is 0 Å². The highest BCUT2D eigenvalue weighted by Gasteiger charge is 2.33. The molecule has 4 nitrogen and oxygen atoms in total. The van der Waals surface area contributed by atoms with Crippen molar-refractivity contribution in [2.75, 3.05) is 26.2 Å². The van der Waals surface area contributed by atoms with E-state index in [0.29, 0.717) is 24.0 Å². The quantitative estimate of drug-likeness (QED) is 0.623. The molecule has 150 valence electrons. The SMILES string of the molecule is CCC1=C/C=C(S(=O)(=O)N2CCC(N3CCC(C)CC3)CC2)\C=C\C(Br)=C1. The fourth-order valence-corrected chi connectivity index (χ4v) is 5.96. The Morgan fingerprint density at radius 1 is 1.04 bits per heavy atom. The van der Waals surface area contributed by atoms with Gasteiger partial charge in [-0.05, 0) is 81.0 Å². The molecule has 6 heteroatoms. The van der Waals surface area contributed by atoms with Crippen molar-refractivity contribution in [3.8, 4) is 0 Å². The van der Waals surface area contributed by atoms with Gasteiger partial charge in [-0.3, -0.25) is 0 Å². The minimum absolute atomic E-state index is 0.378. The average molecular weight is 455 g/mol. The lowest BCUT2D eigenvalue weighted by atomic mass is 9.95. The van der Waals surface area contributed by atoms with Gasteiger partial charge in [0.2, 0.25) is 10.0 Å². The first kappa shape index (κ1) is 21.0. The molecule has 0 radical (unpaired) electrons. The Hall–Kier alpha value is -0.690. The molecular weight excluding hydrogens is 424 g/mol. The van der Waals surface area contributed by atoms with Gasteiger partial charge in [-0.15, -0.1) is 0 Å². The molecule has 2 fully saturated rings. The molecule has 0 N–H and O–H groups in total. The Balaban J connectivity index is 1.67. The van der Waals surface area contributed by atoms with Crippen LogP contribution < -0.4 is 0 Å². The number of piperidine rings is 2. The van der Waals surface area contributed by atoms with Crippen molar-refractivity contribution in [2.24, 2.45) is 5.92 Å². The van der Waals surface area contributed by atoms with Gasteiger partial charge >= 0.3 is 0 Å². The van der Waals surface area contributed by atoms with Crippen LogP contribution in [-0.4, -0.2) is 49.8 Å². The molecular formula is C21H31BrN2O2S. The van der Waals surface area contributed by atoms with Gasteiger partial charge in [0.25, 0.3) is 0 Å². The topological polar surface area (TPSA) is 40.6 Å². The van der Waals surface area contributed by atoms with Crippen LogP contribution in [0, 0.1) is 5.92 Å². The summed E-state index contributed by atoms with van der Waals surface area (Å²) in [7, 11) is -3.45. The van der Waals surface area contributed by atoms with Crippen molar-refractivity contribution in [3.63, 3.8) is 0 Å². The molecule has 2 aliphatic heterocycles. The number of hydrogen-bond donors (Lipinski definition) is 0. The van der Waals surface area contributed by atoms with Crippen LogP contribution in [-0.2, 0) is 10.0 Å². The van der Waals surface area contributed by atoms with Crippen LogP contribution in [0.15, 0.2) is 45.3 Å². The van der Waals surface area contributed by atoms with Gasteiger partial charge in [-0.25, -0.2) is 8.42 Å². The maximum Gasteiger partial charge on any atom is 0.243 e. The molecule has 2 heterocycles. The molecule has 0 spiro atoms. The summed E-state index contributed by atoms with van der Waals surface area (Å²) in [4.78, 5) is 2.96. The van der Waals surface area contributed by atoms with E-state index in [2.05, 4.69) is 34.7 Å². The standard InChI is InChI=1S/C21H31BrN2O2S/c1-3-18-4-6-21(7-5-19(22)16-18)27(25,26)24-14-10-20(11-15-24)23-12-8-17(2)9-13-23/h4-7,16-17,20H,3,8-15H2,1-2H3/b6-4?,7-5+,18-4?,18-16?,19-5?,19-16?,21-6+,21-7?. The number of rotatable bonds is 4. The molecule has 0 amide bonds. The van der Waals surface area contributed by atoms with Crippen LogP contribution in [0.25, 0.3) is 0 Å². The predicted octanol–water partition coefficient (Wildman–Crippen LogP) is 4.58. The minimum atomic E-state index is -3.45. The van der Waals surface area contributed by atoms with Crippen molar-refractivity contribution in [1.82, 2.24) is 9.21 Å². The van der Waals surface area contributed by atoms with Crippen molar-refractivity contribution in [1.29, 1.82) is 0 Å². The number of nitrogens with zero attached hydrogens (tertiary/aromatic N) is 2. The van der Waals surface area contributed by atoms with Gasteiger partial charge in [-0.2, -0.15) is 4.31 Å². The summed E-state index contributed by atoms with van der Waals surface area (Å²) in [6.45, 7) is 7.96. The second-order valence-corrected chi connectivity index (χ2v) is 10.7. The Labute approximate surface area is 172 Å². The van der Waals surface area contributed by atoms with E-state index in [9.17, 15) is 8.42 Å². The second kappa shape index (κ2) is 9.21. The normalized spacial score (nSPS) is 27.9. The first-order valence-electron chi connectivity index (χ1n) is 10.1. The van der Waals surface area contributed by atoms with Gasteiger partial charge < -0.3 is 4.90 Å². The van der Waals surface area contributed by atoms with Crippen LogP contribution in [0.2, 0.25) is 0 Å². The summed E-state index contributed by atoms with van der Waals surface area (Å²) in [5, 5.41) is 0. The van der Waals surface area contributed by atoms with Crippen molar-refractivity contribution >= 4 is 26.0 Å². The first-order chi connectivity index (χ1) is 12.9. The maximum absolute atomic E-state index is 13.2. The van der Waals surface area contributed by atoms with E-state index in [0.717, 1.165) is 48.3 Å². The minimum Gasteiger partial charge on any atom is -0.300 e. The molecule has 27 heavy (non-hydrogen) atoms. The lowest BCUT2D eigenvalue weighted by Gasteiger charge is -2.41. The number of hydrogen-bond acceptors (Lipinski definition) is 3. The average Bonchev–Trinajstić information content (AvgIpc) is 2.65. The number of halogens is 1. The smallest absolute Gasteiger partial charge is 0.243 e. The molecule has 0 atom stereocenters. The van der Waals surface area contributed by atoms with Crippen molar-refractivity contribution < 1.29 is 8.42 Å². The Bertz CT molecular complexity index is 751. The van der Waals surface area contributed by atoms with Crippen LogP contribution in [0.4, 0.5) is 0 Å². The monoisotopic (exact) mass is 454 g/mol. The zero-order valence-corrected chi connectivity index (χ0v) is 18.8. The Morgan fingerprint density at radius 3 is 2.33 bits per heavy atom. The van der Waals surface area contributed by atoms with Gasteiger partial charge in [0.1, 0.15) is 0 Å². The molecule has 3 rings (SSSR count). The Morgan fingerprint density at radius 2 is 1.70 bits per heavy atom. The van der Waals surface area contributed by atoms with Crippen LogP contribution in [0.1, 0.15) is 46.0 Å². The maximum atomic E-state index is 13.2. The van der Waals surface area contributed by atoms with E-state index < -0.39 is 10.0 Å². The molecule has 0 saturated carbocycles. The number of sulfonamides is 1. The highest BCUT2D eigenvalue weighted by Crippen LogP contribution is 2.27. The molecule has 2 saturated heterocycles. The molecule has 3 aliphatic rings. The third kappa shape index (κ3) is 5.22. The number of likely N-dealkylation sites (tertiary alicyclic amines) is 1. The van der Waals surface area contributed by atoms with Gasteiger partial charge in [-0.1, -0.05) is 35.9 Å². The summed E-state index contributed by atoms with van der Waals surface area (Å²) in [6.07, 6.45) is 14.5. The molecule has 0 bridgehead atoms. The zero-order valence-electron chi connectivity index (χ0n) is 16.4. The Kier molecular flexibility index (Phi) is 7.17. The largest absolute Gasteiger partial charge is 0.300 e. The second-order valence-electron chi connectivity index (χ2n) is 7.88. The van der Waals surface area contributed by atoms with Gasteiger partial charge in [0.15, 0.2) is 0 Å². The van der Waals surface area contributed by atoms with Gasteiger partial charge in [0, 0.05) is 23.6 Å². The lowest BCUT2D eigenvalue weighted by Crippen LogP contribution is -2.48. The first-order valence-corrected chi connectivity index (χ1v) is 12.3. The highest BCUT2D eigenvalue weighted by atomic mass is 79.9. The molecule has 1 aliphatic carbocycles. The molecule has 0 unspecified atom stereocenters. The van der Waals surface area contributed by atoms with Crippen LogP contribution in [0.3, 0.4) is 0 Å². The highest BCUT2D eigenvalue weighted by molar-refractivity contribution is 9.11. The van der Waals surface area contributed by atoms with E-state index in [-0.39, 0.29) is 0 Å². The van der Waals surface area contributed by atoms with Crippen LogP contribution >= 0.6 is 15.9 Å². The summed E-state index contributed by atoms with van der Waals surface area (Å²) in [5.74, 6) is 0.828. The molecule has 0 aromatic heterocycles. The fourth-order valence-electron chi connectivity index (χ4n) is 4.06. The zero-order chi connectivity index (χ0) is 19.4. The third-order valence-electron chi connectivity index (χ3n) is 6.00.